The summed E-state index contributed by atoms with van der Waals surface area (Å²) < 4.78 is 0. The van der Waals surface area contributed by atoms with Gasteiger partial charge >= 0.3 is 0 Å². The quantitative estimate of drug-likeness (QED) is 0.654. The molecule has 0 saturated carbocycles. The minimum absolute atomic E-state index is 0.270. The highest BCUT2D eigenvalue weighted by Gasteiger charge is 2.16. The maximum Gasteiger partial charge on any atom is 0.114 e. The third kappa shape index (κ3) is 3.09. The second kappa shape index (κ2) is 6.61. The van der Waals surface area contributed by atoms with E-state index in [1.165, 1.54) is 6.20 Å². The fraction of sp³-hybridized carbons (Fsp3) is 0.188. The molecule has 1 heterocycles. The molecule has 1 unspecified atom stereocenters. The monoisotopic (exact) mass is 268 g/mol. The first-order valence-electron chi connectivity index (χ1n) is 6.60. The summed E-state index contributed by atoms with van der Waals surface area (Å²) in [7, 11) is 0. The average Bonchev–Trinajstić information content (AvgIpc) is 2.43. The van der Waals surface area contributed by atoms with Crippen LogP contribution >= 0.6 is 0 Å². The lowest BCUT2D eigenvalue weighted by Crippen LogP contribution is -2.19. The number of nitrogens with two attached hydrogens (primary N) is 2. The molecule has 0 radical (unpaired) electrons. The van der Waals surface area contributed by atoms with Crippen LogP contribution in [0, 0.1) is 0 Å². The first kappa shape index (κ1) is 13.9. The molecule has 0 amide bonds. The number of allylic oxidation sites excluding steroid dienone is 4. The number of hydrogen-bond acceptors (Lipinski definition) is 4. The number of fused-ring (bicyclic) bond motifs is 1. The molecule has 2 rings (SSSR count). The maximum atomic E-state index is 6.14. The Bertz CT molecular complexity index is 570. The number of nitrogens with zero attached hydrogens (tertiary/aromatic N) is 2. The van der Waals surface area contributed by atoms with Gasteiger partial charge in [0.05, 0.1) is 0 Å². The van der Waals surface area contributed by atoms with Crippen molar-refractivity contribution in [3.05, 3.63) is 60.5 Å². The van der Waals surface area contributed by atoms with Crippen LogP contribution in [0.3, 0.4) is 0 Å². The van der Waals surface area contributed by atoms with Crippen LogP contribution in [0.2, 0.25) is 0 Å². The number of rotatable bonds is 3. The average molecular weight is 268 g/mol. The summed E-state index contributed by atoms with van der Waals surface area (Å²) in [5, 5.41) is 0. The lowest BCUT2D eigenvalue weighted by molar-refractivity contribution is 0.916. The minimum atomic E-state index is 0.270. The Labute approximate surface area is 119 Å². The van der Waals surface area contributed by atoms with E-state index in [2.05, 4.69) is 29.0 Å². The van der Waals surface area contributed by atoms with Crippen LogP contribution in [0.25, 0.3) is 0 Å². The molecule has 1 aliphatic heterocycles. The number of aliphatic imine (C=N–C) groups is 1. The molecule has 4 heteroatoms. The Morgan fingerprint density at radius 3 is 3.00 bits per heavy atom. The molecule has 1 aliphatic rings. The molecule has 0 bridgehead atoms. The normalized spacial score (nSPS) is 21.6. The molecular weight excluding hydrogens is 248 g/mol. The van der Waals surface area contributed by atoms with E-state index in [0.717, 1.165) is 16.9 Å². The van der Waals surface area contributed by atoms with E-state index in [4.69, 9.17) is 11.5 Å². The smallest absolute Gasteiger partial charge is 0.114 e. The van der Waals surface area contributed by atoms with Gasteiger partial charge in [-0.15, -0.1) is 0 Å². The summed E-state index contributed by atoms with van der Waals surface area (Å²) in [6, 6.07) is 5.98. The van der Waals surface area contributed by atoms with E-state index in [0.29, 0.717) is 6.67 Å². The number of benzene rings is 1. The van der Waals surface area contributed by atoms with Crippen molar-refractivity contribution in [3.8, 4) is 0 Å². The van der Waals surface area contributed by atoms with Crippen molar-refractivity contribution in [3.63, 3.8) is 0 Å². The molecule has 0 spiro atoms. The highest BCUT2D eigenvalue weighted by molar-refractivity contribution is 5.72. The van der Waals surface area contributed by atoms with Gasteiger partial charge in [0.2, 0.25) is 0 Å². The number of hydrogen-bond donors (Lipinski definition) is 2. The van der Waals surface area contributed by atoms with Gasteiger partial charge in [-0.05, 0) is 30.5 Å². The van der Waals surface area contributed by atoms with Crippen LogP contribution in [0.4, 0.5) is 11.4 Å². The molecule has 1 aromatic carbocycles. The van der Waals surface area contributed by atoms with Gasteiger partial charge in [0, 0.05) is 35.3 Å². The van der Waals surface area contributed by atoms with Gasteiger partial charge in [-0.3, -0.25) is 4.99 Å². The molecule has 0 saturated heterocycles. The first-order valence-corrected chi connectivity index (χ1v) is 6.60. The van der Waals surface area contributed by atoms with E-state index in [-0.39, 0.29) is 5.92 Å². The van der Waals surface area contributed by atoms with Crippen molar-refractivity contribution in [1.82, 2.24) is 0 Å². The summed E-state index contributed by atoms with van der Waals surface area (Å²) in [5.74, 6) is 0.270. The topological polar surface area (TPSA) is 67.6 Å². The predicted molar refractivity (Wildman–Crippen MR) is 86.7 cm³/mol. The Kier molecular flexibility index (Phi) is 4.60. The second-order valence-electron chi connectivity index (χ2n) is 4.62. The van der Waals surface area contributed by atoms with Gasteiger partial charge in [-0.2, -0.15) is 0 Å². The Balaban J connectivity index is 2.37. The molecule has 0 aromatic heterocycles. The fourth-order valence-electron chi connectivity index (χ4n) is 2.25. The largest absolute Gasteiger partial charge is 0.405 e. The minimum Gasteiger partial charge on any atom is -0.405 e. The Morgan fingerprint density at radius 1 is 1.35 bits per heavy atom. The number of anilines is 2. The van der Waals surface area contributed by atoms with Gasteiger partial charge in [0.1, 0.15) is 6.67 Å². The van der Waals surface area contributed by atoms with E-state index in [1.807, 2.05) is 30.5 Å². The summed E-state index contributed by atoms with van der Waals surface area (Å²) >= 11 is 0. The van der Waals surface area contributed by atoms with Gasteiger partial charge in [-0.1, -0.05) is 25.1 Å². The zero-order valence-corrected chi connectivity index (χ0v) is 11.6. The molecule has 0 fully saturated rings. The van der Waals surface area contributed by atoms with Gasteiger partial charge in [0.25, 0.3) is 0 Å². The van der Waals surface area contributed by atoms with Crippen molar-refractivity contribution in [2.24, 2.45) is 10.7 Å². The third-order valence-corrected chi connectivity index (χ3v) is 3.20. The van der Waals surface area contributed by atoms with Gasteiger partial charge < -0.3 is 16.4 Å². The molecule has 0 aliphatic carbocycles. The summed E-state index contributed by atoms with van der Waals surface area (Å²) in [6.07, 6.45) is 13.1. The number of nitrogen functional groups attached to an aromatic ring is 1. The van der Waals surface area contributed by atoms with Crippen LogP contribution in [-0.2, 0) is 0 Å². The van der Waals surface area contributed by atoms with Crippen LogP contribution in [0.15, 0.2) is 59.9 Å². The predicted octanol–water partition coefficient (Wildman–Crippen LogP) is 2.76. The first-order chi connectivity index (χ1) is 9.74. The zero-order valence-electron chi connectivity index (χ0n) is 11.6. The molecule has 20 heavy (non-hydrogen) atoms. The molecule has 1 atom stereocenters. The van der Waals surface area contributed by atoms with E-state index < -0.39 is 0 Å². The van der Waals surface area contributed by atoms with Crippen LogP contribution in [0.1, 0.15) is 18.4 Å². The van der Waals surface area contributed by atoms with Crippen molar-refractivity contribution < 1.29 is 0 Å². The third-order valence-electron chi connectivity index (χ3n) is 3.20. The highest BCUT2D eigenvalue weighted by Crippen LogP contribution is 2.34. The van der Waals surface area contributed by atoms with Crippen molar-refractivity contribution in [1.29, 1.82) is 0 Å². The molecular formula is C16H20N4. The van der Waals surface area contributed by atoms with E-state index in [9.17, 15) is 0 Å². The van der Waals surface area contributed by atoms with E-state index >= 15 is 0 Å². The van der Waals surface area contributed by atoms with Crippen molar-refractivity contribution >= 4 is 17.6 Å². The molecule has 104 valence electrons. The standard InChI is InChI=1S/C16H20N4/c1-13-6-2-3-11-20(12-19-10-5-9-17)15-8-4-7-14(18)16(13)15/h2-11,13H,12,17-18H2,1H3/b6-2-,9-5-,11-3-,19-10-. The molecule has 4 nitrogen and oxygen atoms in total. The van der Waals surface area contributed by atoms with Gasteiger partial charge in [0.15, 0.2) is 0 Å². The van der Waals surface area contributed by atoms with Crippen molar-refractivity contribution in [2.45, 2.75) is 12.8 Å². The van der Waals surface area contributed by atoms with Crippen LogP contribution < -0.4 is 16.4 Å². The Hall–Kier alpha value is -2.49. The lowest BCUT2D eigenvalue weighted by Gasteiger charge is -2.25. The van der Waals surface area contributed by atoms with Gasteiger partial charge in [-0.25, -0.2) is 0 Å². The maximum absolute atomic E-state index is 6.14. The fourth-order valence-corrected chi connectivity index (χ4v) is 2.25. The zero-order chi connectivity index (χ0) is 14.4. The SMILES string of the molecule is CC1/C=C\C=C/N(C/N=C\C=C/N)c2cccc(N)c21. The summed E-state index contributed by atoms with van der Waals surface area (Å²) in [5.41, 5.74) is 14.5. The highest BCUT2D eigenvalue weighted by atomic mass is 15.2. The van der Waals surface area contributed by atoms with Crippen LogP contribution in [-0.4, -0.2) is 12.9 Å². The van der Waals surface area contributed by atoms with Crippen molar-refractivity contribution in [2.75, 3.05) is 17.3 Å². The lowest BCUT2D eigenvalue weighted by atomic mass is 9.95. The molecule has 4 N–H and O–H groups in total. The summed E-state index contributed by atoms with van der Waals surface area (Å²) in [6.45, 7) is 2.67. The second-order valence-corrected chi connectivity index (χ2v) is 4.62. The Morgan fingerprint density at radius 2 is 2.20 bits per heavy atom. The van der Waals surface area contributed by atoms with E-state index in [1.54, 1.807) is 12.3 Å². The van der Waals surface area contributed by atoms with Crippen LogP contribution in [0.5, 0.6) is 0 Å². The summed E-state index contributed by atoms with van der Waals surface area (Å²) in [4.78, 5) is 6.40. The molecule has 1 aromatic rings.